The van der Waals surface area contributed by atoms with Crippen molar-refractivity contribution in [1.82, 2.24) is 0 Å². The van der Waals surface area contributed by atoms with Crippen LogP contribution in [-0.2, 0) is 15.9 Å². The molecular formula is C16H24O4S. The van der Waals surface area contributed by atoms with E-state index in [1.54, 1.807) is 13.8 Å². The summed E-state index contributed by atoms with van der Waals surface area (Å²) in [6.45, 7) is 8.97. The molecule has 0 aromatic heterocycles. The highest BCUT2D eigenvalue weighted by molar-refractivity contribution is 7.80. The molecule has 118 valence electrons. The molecule has 0 heterocycles. The van der Waals surface area contributed by atoms with Gasteiger partial charge in [-0.1, -0.05) is 30.7 Å². The summed E-state index contributed by atoms with van der Waals surface area (Å²) in [4.78, 5) is 11.3. The first-order chi connectivity index (χ1) is 9.65. The number of aliphatic carboxylic acids is 1. The summed E-state index contributed by atoms with van der Waals surface area (Å²) >= 11 is -1.99. The van der Waals surface area contributed by atoms with Crippen LogP contribution in [0.15, 0.2) is 34.9 Å². The maximum Gasteiger partial charge on any atom is 0.309 e. The van der Waals surface area contributed by atoms with Gasteiger partial charge in [0.05, 0.1) is 10.7 Å². The third-order valence-corrected chi connectivity index (χ3v) is 5.18. The van der Waals surface area contributed by atoms with Gasteiger partial charge in [0.1, 0.15) is 0 Å². The van der Waals surface area contributed by atoms with E-state index < -0.39 is 27.7 Å². The van der Waals surface area contributed by atoms with E-state index in [2.05, 4.69) is 0 Å². The highest BCUT2D eigenvalue weighted by Gasteiger charge is 2.37. The van der Waals surface area contributed by atoms with Crippen molar-refractivity contribution in [2.45, 2.75) is 46.3 Å². The molecule has 0 aromatic carbocycles. The van der Waals surface area contributed by atoms with Crippen molar-refractivity contribution < 1.29 is 18.7 Å². The minimum atomic E-state index is -1.99. The molecule has 21 heavy (non-hydrogen) atoms. The Bertz CT molecular complexity index is 540. The van der Waals surface area contributed by atoms with E-state index in [4.69, 9.17) is 0 Å². The van der Waals surface area contributed by atoms with E-state index in [9.17, 15) is 18.7 Å². The normalized spacial score (nSPS) is 28.6. The van der Waals surface area contributed by atoms with Gasteiger partial charge in [0.2, 0.25) is 0 Å². The summed E-state index contributed by atoms with van der Waals surface area (Å²) in [5.41, 5.74) is 1.77. The van der Waals surface area contributed by atoms with Crippen molar-refractivity contribution in [1.29, 1.82) is 0 Å². The van der Waals surface area contributed by atoms with Gasteiger partial charge in [0.25, 0.3) is 0 Å². The van der Waals surface area contributed by atoms with Gasteiger partial charge in [0, 0.05) is 0 Å². The van der Waals surface area contributed by atoms with E-state index in [1.807, 2.05) is 39.0 Å². The minimum absolute atomic E-state index is 0.163. The zero-order chi connectivity index (χ0) is 16.4. The molecule has 0 amide bonds. The van der Waals surface area contributed by atoms with Crippen molar-refractivity contribution in [2.24, 2.45) is 11.3 Å². The van der Waals surface area contributed by atoms with Crippen LogP contribution in [-0.4, -0.2) is 25.1 Å². The fourth-order valence-corrected chi connectivity index (χ4v) is 3.72. The fraction of sp³-hybridized carbons (Fsp3) is 0.562. The largest absolute Gasteiger partial charge is 0.481 e. The van der Waals surface area contributed by atoms with Crippen LogP contribution in [0.3, 0.4) is 0 Å². The van der Waals surface area contributed by atoms with Gasteiger partial charge in [-0.15, -0.1) is 0 Å². The van der Waals surface area contributed by atoms with Crippen molar-refractivity contribution in [3.63, 3.8) is 0 Å². The molecule has 0 aliphatic heterocycles. The third kappa shape index (κ3) is 3.71. The maximum absolute atomic E-state index is 11.7. The summed E-state index contributed by atoms with van der Waals surface area (Å²) in [6.07, 6.45) is 6.09. The van der Waals surface area contributed by atoms with Crippen LogP contribution in [0, 0.1) is 11.3 Å². The van der Waals surface area contributed by atoms with Gasteiger partial charge in [-0.3, -0.25) is 4.79 Å². The summed E-state index contributed by atoms with van der Waals surface area (Å²) < 4.78 is 21.4. The molecule has 0 saturated heterocycles. The van der Waals surface area contributed by atoms with Crippen molar-refractivity contribution in [3.8, 4) is 0 Å². The van der Waals surface area contributed by atoms with Crippen molar-refractivity contribution in [2.75, 3.05) is 0 Å². The number of hydrogen-bond donors (Lipinski definition) is 2. The molecule has 2 N–H and O–H groups in total. The number of hydrogen-bond acceptors (Lipinski definition) is 2. The Morgan fingerprint density at radius 2 is 1.95 bits per heavy atom. The average molecular weight is 312 g/mol. The highest BCUT2D eigenvalue weighted by atomic mass is 32.2. The molecule has 1 aliphatic carbocycles. The van der Waals surface area contributed by atoms with Crippen LogP contribution in [0.4, 0.5) is 0 Å². The Kier molecular flexibility index (Phi) is 5.70. The molecule has 1 rings (SSSR count). The molecule has 5 heteroatoms. The van der Waals surface area contributed by atoms with Gasteiger partial charge in [0.15, 0.2) is 11.1 Å². The summed E-state index contributed by atoms with van der Waals surface area (Å²) in [5.74, 6) is -1.03. The number of rotatable bonds is 4. The summed E-state index contributed by atoms with van der Waals surface area (Å²) in [6, 6.07) is 0. The fourth-order valence-electron chi connectivity index (χ4n) is 2.70. The maximum atomic E-state index is 11.7. The molecule has 0 fully saturated rings. The first-order valence-electron chi connectivity index (χ1n) is 7.02. The van der Waals surface area contributed by atoms with Crippen LogP contribution in [0.25, 0.3) is 0 Å². The lowest BCUT2D eigenvalue weighted by Gasteiger charge is -2.34. The smallest absolute Gasteiger partial charge is 0.309 e. The van der Waals surface area contributed by atoms with Crippen molar-refractivity contribution in [3.05, 3.63) is 34.9 Å². The molecule has 2 unspecified atom stereocenters. The lowest BCUT2D eigenvalue weighted by atomic mass is 9.75. The van der Waals surface area contributed by atoms with Gasteiger partial charge in [-0.25, -0.2) is 4.21 Å². The van der Waals surface area contributed by atoms with Gasteiger partial charge in [-0.05, 0) is 51.2 Å². The Labute approximate surface area is 128 Å². The second-order valence-electron chi connectivity index (χ2n) is 6.06. The Hall–Kier alpha value is -1.20. The zero-order valence-electron chi connectivity index (χ0n) is 13.2. The van der Waals surface area contributed by atoms with E-state index in [0.717, 1.165) is 16.7 Å². The van der Waals surface area contributed by atoms with Crippen molar-refractivity contribution >= 4 is 17.0 Å². The zero-order valence-corrected chi connectivity index (χ0v) is 14.0. The van der Waals surface area contributed by atoms with Gasteiger partial charge >= 0.3 is 5.97 Å². The number of carboxylic acid groups (broad SMARTS) is 1. The number of carbonyl (C=O) groups is 1. The Morgan fingerprint density at radius 3 is 2.33 bits per heavy atom. The third-order valence-electron chi connectivity index (χ3n) is 4.08. The quantitative estimate of drug-likeness (QED) is 0.779. The predicted octanol–water partition coefficient (Wildman–Crippen LogP) is 3.55. The average Bonchev–Trinajstić information content (AvgIpc) is 2.39. The van der Waals surface area contributed by atoms with E-state index in [-0.39, 0.29) is 5.92 Å². The van der Waals surface area contributed by atoms with Crippen LogP contribution in [0.5, 0.6) is 0 Å². The molecule has 4 nitrogen and oxygen atoms in total. The lowest BCUT2D eigenvalue weighted by Crippen LogP contribution is -2.34. The molecule has 1 aliphatic rings. The topological polar surface area (TPSA) is 74.6 Å². The van der Waals surface area contributed by atoms with Crippen LogP contribution in [0.2, 0.25) is 0 Å². The van der Waals surface area contributed by atoms with E-state index in [0.29, 0.717) is 6.42 Å². The summed E-state index contributed by atoms with van der Waals surface area (Å²) in [5, 5.41) is 8.78. The molecule has 3 atom stereocenters. The molecular weight excluding hydrogens is 288 g/mol. The number of allylic oxidation sites excluding steroid dienone is 5. The number of carboxylic acids is 1. The van der Waals surface area contributed by atoms with E-state index in [1.165, 1.54) is 0 Å². The Morgan fingerprint density at radius 1 is 1.38 bits per heavy atom. The van der Waals surface area contributed by atoms with Gasteiger partial charge in [-0.2, -0.15) is 0 Å². The van der Waals surface area contributed by atoms with Gasteiger partial charge < -0.3 is 9.66 Å². The second kappa shape index (κ2) is 6.71. The van der Waals surface area contributed by atoms with E-state index >= 15 is 0 Å². The van der Waals surface area contributed by atoms with Crippen LogP contribution in [0.1, 0.15) is 41.0 Å². The Balaban J connectivity index is 3.30. The molecule has 0 saturated carbocycles. The molecule has 0 radical (unpaired) electrons. The highest BCUT2D eigenvalue weighted by Crippen LogP contribution is 2.40. The first kappa shape index (κ1) is 17.9. The standard InChI is InChI=1S/C16H24O4S/c1-6-11-8-12(9-16(4,5)15(17)18)10(3)14(21(19)20)13(11)7-2/h6-8,10,14H,9H2,1-5H3,(H,17,18)(H,19,20)/b11-6-,13-7+/t10-,14?/m1/s1. The first-order valence-corrected chi connectivity index (χ1v) is 8.19. The summed E-state index contributed by atoms with van der Waals surface area (Å²) in [7, 11) is 0. The van der Waals surface area contributed by atoms with Crippen LogP contribution >= 0.6 is 0 Å². The monoisotopic (exact) mass is 312 g/mol. The predicted molar refractivity (Wildman–Crippen MR) is 85.4 cm³/mol. The lowest BCUT2D eigenvalue weighted by molar-refractivity contribution is -0.146. The second-order valence-corrected chi connectivity index (χ2v) is 7.12. The molecule has 0 spiro atoms. The molecule has 0 aromatic rings. The SMILES string of the molecule is C/C=C1/C=C(CC(C)(C)C(=O)O)[C@@H](C)C(S(=O)O)/C1=C/C. The minimum Gasteiger partial charge on any atom is -0.481 e. The van der Waals surface area contributed by atoms with Crippen LogP contribution < -0.4 is 0 Å². The molecule has 0 bridgehead atoms.